The third kappa shape index (κ3) is 2.66. The number of nitrogens with zero attached hydrogens (tertiary/aromatic N) is 1. The molecule has 0 N–H and O–H groups in total. The lowest BCUT2D eigenvalue weighted by atomic mass is 10.3. The van der Waals surface area contributed by atoms with Crippen LogP contribution in [0.3, 0.4) is 0 Å². The van der Waals surface area contributed by atoms with Crippen molar-refractivity contribution in [1.82, 2.24) is 4.90 Å². The molecule has 1 aliphatic heterocycles. The van der Waals surface area contributed by atoms with E-state index in [1.54, 1.807) is 0 Å². The Bertz CT molecular complexity index is 63.0. The number of rotatable bonds is 0. The maximum atomic E-state index is 3.00. The molecule has 0 amide bonds. The van der Waals surface area contributed by atoms with Crippen molar-refractivity contribution < 1.29 is 0 Å². The van der Waals surface area contributed by atoms with Gasteiger partial charge in [0.2, 0.25) is 0 Å². The van der Waals surface area contributed by atoms with Gasteiger partial charge in [0.1, 0.15) is 0 Å². The number of hydrogen-bond donors (Lipinski definition) is 0. The number of likely N-dealkylation sites (tertiary alicyclic amines) is 1. The second-order valence-electron chi connectivity index (χ2n) is 2.47. The van der Waals surface area contributed by atoms with Crippen molar-refractivity contribution in [2.24, 2.45) is 0 Å². The van der Waals surface area contributed by atoms with E-state index in [1.807, 2.05) is 0 Å². The van der Waals surface area contributed by atoms with E-state index in [9.17, 15) is 0 Å². The van der Waals surface area contributed by atoms with Crippen LogP contribution < -0.4 is 0 Å². The third-order valence-corrected chi connectivity index (χ3v) is 1.89. The fourth-order valence-corrected chi connectivity index (χ4v) is 1.08. The van der Waals surface area contributed by atoms with E-state index in [0.717, 1.165) is 6.04 Å². The molecule has 0 aromatic carbocycles. The summed E-state index contributed by atoms with van der Waals surface area (Å²) in [6, 6.07) is 0.847. The van der Waals surface area contributed by atoms with Gasteiger partial charge in [0.05, 0.1) is 0 Å². The van der Waals surface area contributed by atoms with E-state index >= 15 is 0 Å². The molecule has 0 radical (unpaired) electrons. The minimum absolute atomic E-state index is 0.847. The molecule has 1 saturated heterocycles. The summed E-state index contributed by atoms with van der Waals surface area (Å²) in [4.78, 5) is 2.40. The highest BCUT2D eigenvalue weighted by atomic mass is 15.1. The molecule has 0 saturated carbocycles. The van der Waals surface area contributed by atoms with Crippen LogP contribution in [0.15, 0.2) is 13.2 Å². The minimum atomic E-state index is 0.847. The predicted octanol–water partition coefficient (Wildman–Crippen LogP) is 1.90. The first-order valence-electron chi connectivity index (χ1n) is 3.51. The van der Waals surface area contributed by atoms with Crippen LogP contribution in [0.25, 0.3) is 0 Å². The average molecular weight is 127 g/mol. The fraction of sp³-hybridized carbons (Fsp3) is 0.750. The van der Waals surface area contributed by atoms with Crippen molar-refractivity contribution >= 4 is 0 Å². The summed E-state index contributed by atoms with van der Waals surface area (Å²) in [6.45, 7) is 9.59. The molecule has 1 heteroatoms. The van der Waals surface area contributed by atoms with Crippen molar-refractivity contribution in [3.63, 3.8) is 0 Å². The first-order valence-corrected chi connectivity index (χ1v) is 3.51. The van der Waals surface area contributed by atoms with Crippen molar-refractivity contribution in [2.45, 2.75) is 25.8 Å². The van der Waals surface area contributed by atoms with Crippen LogP contribution in [-0.2, 0) is 0 Å². The largest absolute Gasteiger partial charge is 0.304 e. The Labute approximate surface area is 58.4 Å². The van der Waals surface area contributed by atoms with Crippen molar-refractivity contribution in [2.75, 3.05) is 13.6 Å². The van der Waals surface area contributed by atoms with Gasteiger partial charge in [-0.2, -0.15) is 0 Å². The van der Waals surface area contributed by atoms with Crippen molar-refractivity contribution in [3.05, 3.63) is 13.2 Å². The molecule has 0 spiro atoms. The van der Waals surface area contributed by atoms with Crippen LogP contribution in [0, 0.1) is 0 Å². The van der Waals surface area contributed by atoms with Crippen LogP contribution in [0.2, 0.25) is 0 Å². The molecule has 1 nitrogen and oxygen atoms in total. The van der Waals surface area contributed by atoms with Crippen LogP contribution in [0.4, 0.5) is 0 Å². The molecule has 0 aliphatic carbocycles. The quantitative estimate of drug-likeness (QED) is 0.449. The van der Waals surface area contributed by atoms with Gasteiger partial charge in [-0.1, -0.05) is 0 Å². The van der Waals surface area contributed by atoms with Crippen LogP contribution in [0.1, 0.15) is 19.8 Å². The van der Waals surface area contributed by atoms with Gasteiger partial charge in [0, 0.05) is 6.04 Å². The standard InChI is InChI=1S/C6H13N.C2H4/c1-6-4-3-5-7(6)2;1-2/h6H,3-5H2,1-2H3;1-2H2. The molecule has 1 heterocycles. The lowest BCUT2D eigenvalue weighted by Crippen LogP contribution is -2.20. The zero-order valence-corrected chi connectivity index (χ0v) is 6.56. The van der Waals surface area contributed by atoms with E-state index in [1.165, 1.54) is 19.4 Å². The van der Waals surface area contributed by atoms with Crippen LogP contribution >= 0.6 is 0 Å². The van der Waals surface area contributed by atoms with Gasteiger partial charge in [-0.15, -0.1) is 13.2 Å². The topological polar surface area (TPSA) is 3.24 Å². The summed E-state index contributed by atoms with van der Waals surface area (Å²) in [5.74, 6) is 0. The highest BCUT2D eigenvalue weighted by molar-refractivity contribution is 4.70. The fourth-order valence-electron chi connectivity index (χ4n) is 1.08. The first-order chi connectivity index (χ1) is 4.30. The Morgan fingerprint density at radius 1 is 1.44 bits per heavy atom. The Morgan fingerprint density at radius 2 is 2.00 bits per heavy atom. The SMILES string of the molecule is C=C.CC1CCCN1C. The monoisotopic (exact) mass is 127 g/mol. The van der Waals surface area contributed by atoms with E-state index in [0.29, 0.717) is 0 Å². The van der Waals surface area contributed by atoms with E-state index < -0.39 is 0 Å². The van der Waals surface area contributed by atoms with E-state index in [4.69, 9.17) is 0 Å². The molecule has 0 bridgehead atoms. The van der Waals surface area contributed by atoms with E-state index in [-0.39, 0.29) is 0 Å². The molecule has 1 unspecified atom stereocenters. The highest BCUT2D eigenvalue weighted by Crippen LogP contribution is 2.12. The van der Waals surface area contributed by atoms with Gasteiger partial charge in [0.25, 0.3) is 0 Å². The molecule has 1 atom stereocenters. The molecular weight excluding hydrogens is 110 g/mol. The molecule has 0 aromatic rings. The van der Waals surface area contributed by atoms with Gasteiger partial charge in [-0.3, -0.25) is 0 Å². The third-order valence-electron chi connectivity index (χ3n) is 1.89. The van der Waals surface area contributed by atoms with Crippen LogP contribution in [0.5, 0.6) is 0 Å². The first kappa shape index (κ1) is 8.70. The van der Waals surface area contributed by atoms with Gasteiger partial charge in [-0.25, -0.2) is 0 Å². The normalized spacial score (nSPS) is 27.1. The number of hydrogen-bond acceptors (Lipinski definition) is 1. The molecule has 9 heavy (non-hydrogen) atoms. The van der Waals surface area contributed by atoms with Gasteiger partial charge >= 0.3 is 0 Å². The van der Waals surface area contributed by atoms with Crippen LogP contribution in [-0.4, -0.2) is 24.5 Å². The maximum absolute atomic E-state index is 3.00. The maximum Gasteiger partial charge on any atom is 0.00643 e. The van der Waals surface area contributed by atoms with Gasteiger partial charge in [0.15, 0.2) is 0 Å². The van der Waals surface area contributed by atoms with Crippen molar-refractivity contribution in [1.29, 1.82) is 0 Å². The van der Waals surface area contributed by atoms with Gasteiger partial charge < -0.3 is 4.90 Å². The van der Waals surface area contributed by atoms with Crippen molar-refractivity contribution in [3.8, 4) is 0 Å². The average Bonchev–Trinajstić information content (AvgIpc) is 2.23. The highest BCUT2D eigenvalue weighted by Gasteiger charge is 2.14. The zero-order valence-electron chi connectivity index (χ0n) is 6.56. The lowest BCUT2D eigenvalue weighted by Gasteiger charge is -2.12. The molecule has 0 aromatic heterocycles. The summed E-state index contributed by atoms with van der Waals surface area (Å²) in [5, 5.41) is 0. The second-order valence-corrected chi connectivity index (χ2v) is 2.47. The lowest BCUT2D eigenvalue weighted by molar-refractivity contribution is 0.331. The molecule has 1 fully saturated rings. The molecule has 1 rings (SSSR count). The summed E-state index contributed by atoms with van der Waals surface area (Å²) >= 11 is 0. The smallest absolute Gasteiger partial charge is 0.00643 e. The Balaban J connectivity index is 0.000000291. The Morgan fingerprint density at radius 3 is 2.11 bits per heavy atom. The molecule has 54 valence electrons. The minimum Gasteiger partial charge on any atom is -0.304 e. The van der Waals surface area contributed by atoms with Gasteiger partial charge in [-0.05, 0) is 33.4 Å². The summed E-state index contributed by atoms with van der Waals surface area (Å²) in [5.41, 5.74) is 0. The molecular formula is C8H17N. The Kier molecular flexibility index (Phi) is 4.41. The summed E-state index contributed by atoms with van der Waals surface area (Å²) < 4.78 is 0. The zero-order chi connectivity index (χ0) is 7.28. The Hall–Kier alpha value is -0.300. The summed E-state index contributed by atoms with van der Waals surface area (Å²) in [6.07, 6.45) is 2.80. The second kappa shape index (κ2) is 4.57. The van der Waals surface area contributed by atoms with E-state index in [2.05, 4.69) is 32.0 Å². The molecule has 1 aliphatic rings. The predicted molar refractivity (Wildman–Crippen MR) is 42.6 cm³/mol. The summed E-state index contributed by atoms with van der Waals surface area (Å²) in [7, 11) is 2.19.